The number of primary amides is 1. The fourth-order valence-corrected chi connectivity index (χ4v) is 3.12. The smallest absolute Gasteiger partial charge is 0.269 e. The number of carbonyl (C=O) groups excluding carboxylic acids is 1. The van der Waals surface area contributed by atoms with Crippen LogP contribution in [0.2, 0.25) is 0 Å². The van der Waals surface area contributed by atoms with Crippen LogP contribution < -0.4 is 5.73 Å². The van der Waals surface area contributed by atoms with Gasteiger partial charge in [-0.15, -0.1) is 0 Å². The maximum Gasteiger partial charge on any atom is 0.269 e. The largest absolute Gasteiger partial charge is 0.381 e. The standard InChI is InChI=1S/C15H17N5O2/c16-14(21)13-12-11(9-3-4-17-15(9)20-13)18-10(19-12)6-8-2-1-5-22-7-8/h3-4,8H,1-2,5-7H2,(H2,16,21)(H,17,20)(H,18,19)/t8-/m1/s1. The number of nitrogens with two attached hydrogens (primary N) is 1. The van der Waals surface area contributed by atoms with Crippen molar-refractivity contribution in [3.8, 4) is 0 Å². The highest BCUT2D eigenvalue weighted by Crippen LogP contribution is 2.26. The second kappa shape index (κ2) is 5.10. The fraction of sp³-hybridized carbons (Fsp3) is 0.400. The number of ether oxygens (including phenoxy) is 1. The van der Waals surface area contributed by atoms with Gasteiger partial charge in [0.15, 0.2) is 5.69 Å². The number of pyridine rings is 1. The predicted octanol–water partition coefficient (Wildman–Crippen LogP) is 1.51. The maximum absolute atomic E-state index is 11.7. The lowest BCUT2D eigenvalue weighted by molar-refractivity contribution is 0.0544. The van der Waals surface area contributed by atoms with Crippen LogP contribution in [0.4, 0.5) is 0 Å². The van der Waals surface area contributed by atoms with Crippen molar-refractivity contribution in [3.63, 3.8) is 0 Å². The van der Waals surface area contributed by atoms with E-state index in [1.807, 2.05) is 6.07 Å². The number of hydrogen-bond donors (Lipinski definition) is 3. The Morgan fingerprint density at radius 3 is 3.14 bits per heavy atom. The third-order valence-electron chi connectivity index (χ3n) is 4.16. The van der Waals surface area contributed by atoms with Crippen molar-refractivity contribution in [1.82, 2.24) is 19.9 Å². The first-order valence-electron chi connectivity index (χ1n) is 7.45. The molecule has 0 aliphatic carbocycles. The minimum absolute atomic E-state index is 0.226. The molecule has 1 atom stereocenters. The lowest BCUT2D eigenvalue weighted by Gasteiger charge is -2.20. The van der Waals surface area contributed by atoms with Crippen LogP contribution in [0.3, 0.4) is 0 Å². The molecular weight excluding hydrogens is 282 g/mol. The van der Waals surface area contributed by atoms with Gasteiger partial charge in [-0.05, 0) is 24.8 Å². The molecule has 114 valence electrons. The number of imidazole rings is 1. The molecule has 1 fully saturated rings. The second-order valence-electron chi connectivity index (χ2n) is 5.76. The van der Waals surface area contributed by atoms with E-state index in [1.54, 1.807) is 6.20 Å². The van der Waals surface area contributed by atoms with Crippen LogP contribution in [0.25, 0.3) is 22.1 Å². The van der Waals surface area contributed by atoms with Crippen molar-refractivity contribution in [1.29, 1.82) is 0 Å². The van der Waals surface area contributed by atoms with Gasteiger partial charge in [-0.2, -0.15) is 0 Å². The van der Waals surface area contributed by atoms with Crippen LogP contribution in [0.15, 0.2) is 12.3 Å². The van der Waals surface area contributed by atoms with Gasteiger partial charge < -0.3 is 20.4 Å². The monoisotopic (exact) mass is 299 g/mol. The van der Waals surface area contributed by atoms with Gasteiger partial charge in [-0.1, -0.05) is 0 Å². The summed E-state index contributed by atoms with van der Waals surface area (Å²) in [6, 6.07) is 1.91. The average molecular weight is 299 g/mol. The Kier molecular flexibility index (Phi) is 3.07. The van der Waals surface area contributed by atoms with E-state index in [0.29, 0.717) is 17.1 Å². The summed E-state index contributed by atoms with van der Waals surface area (Å²) in [7, 11) is 0. The number of carbonyl (C=O) groups is 1. The molecule has 0 unspecified atom stereocenters. The van der Waals surface area contributed by atoms with Gasteiger partial charge in [-0.3, -0.25) is 4.79 Å². The molecule has 4 N–H and O–H groups in total. The molecule has 0 spiro atoms. The van der Waals surface area contributed by atoms with E-state index in [9.17, 15) is 4.79 Å². The van der Waals surface area contributed by atoms with Crippen molar-refractivity contribution >= 4 is 28.0 Å². The predicted molar refractivity (Wildman–Crippen MR) is 81.5 cm³/mol. The highest BCUT2D eigenvalue weighted by atomic mass is 16.5. The van der Waals surface area contributed by atoms with E-state index < -0.39 is 5.91 Å². The maximum atomic E-state index is 11.7. The molecule has 0 saturated carbocycles. The summed E-state index contributed by atoms with van der Waals surface area (Å²) in [5.41, 5.74) is 7.66. The molecule has 1 amide bonds. The van der Waals surface area contributed by atoms with Crippen molar-refractivity contribution in [3.05, 3.63) is 23.8 Å². The highest BCUT2D eigenvalue weighted by molar-refractivity contribution is 6.10. The Morgan fingerprint density at radius 1 is 1.45 bits per heavy atom. The van der Waals surface area contributed by atoms with Gasteiger partial charge in [0.1, 0.15) is 17.0 Å². The van der Waals surface area contributed by atoms with E-state index in [-0.39, 0.29) is 5.69 Å². The normalized spacial score (nSPS) is 19.0. The van der Waals surface area contributed by atoms with Gasteiger partial charge in [0, 0.05) is 31.2 Å². The molecule has 1 saturated heterocycles. The molecule has 4 heterocycles. The third kappa shape index (κ3) is 2.14. The molecule has 0 aromatic carbocycles. The lowest BCUT2D eigenvalue weighted by Crippen LogP contribution is -2.19. The number of rotatable bonds is 3. The SMILES string of the molecule is NC(=O)c1nc2[nH]ccc2c2nc(C[C@H]3CCCOC3)[nH]c12. The van der Waals surface area contributed by atoms with Crippen LogP contribution in [0.1, 0.15) is 29.2 Å². The zero-order chi connectivity index (χ0) is 15.1. The molecule has 4 rings (SSSR count). The molecule has 0 radical (unpaired) electrons. The summed E-state index contributed by atoms with van der Waals surface area (Å²) in [5.74, 6) is 0.752. The molecule has 7 nitrogen and oxygen atoms in total. The van der Waals surface area contributed by atoms with Gasteiger partial charge in [0.05, 0.1) is 5.52 Å². The number of hydrogen-bond acceptors (Lipinski definition) is 4. The quantitative estimate of drug-likeness (QED) is 0.680. The lowest BCUT2D eigenvalue weighted by atomic mass is 9.98. The van der Waals surface area contributed by atoms with E-state index in [2.05, 4.69) is 19.9 Å². The summed E-state index contributed by atoms with van der Waals surface area (Å²) < 4.78 is 5.52. The average Bonchev–Trinajstić information content (AvgIpc) is 3.12. The summed E-state index contributed by atoms with van der Waals surface area (Å²) in [6.07, 6.45) is 4.81. The molecular formula is C15H17N5O2. The minimum atomic E-state index is -0.558. The molecule has 1 aliphatic rings. The van der Waals surface area contributed by atoms with E-state index >= 15 is 0 Å². The summed E-state index contributed by atoms with van der Waals surface area (Å²) in [6.45, 7) is 1.61. The summed E-state index contributed by atoms with van der Waals surface area (Å²) in [4.78, 5) is 26.9. The van der Waals surface area contributed by atoms with E-state index in [0.717, 1.165) is 49.2 Å². The first kappa shape index (κ1) is 13.3. The molecule has 0 bridgehead atoms. The Labute approximate surface area is 126 Å². The van der Waals surface area contributed by atoms with Crippen LogP contribution >= 0.6 is 0 Å². The summed E-state index contributed by atoms with van der Waals surface area (Å²) in [5, 5.41) is 0.891. The molecule has 1 aliphatic heterocycles. The third-order valence-corrected chi connectivity index (χ3v) is 4.16. The molecule has 3 aromatic heterocycles. The van der Waals surface area contributed by atoms with Crippen LogP contribution in [0.5, 0.6) is 0 Å². The van der Waals surface area contributed by atoms with Crippen LogP contribution in [0, 0.1) is 5.92 Å². The molecule has 22 heavy (non-hydrogen) atoms. The zero-order valence-electron chi connectivity index (χ0n) is 12.1. The van der Waals surface area contributed by atoms with Gasteiger partial charge in [0.2, 0.25) is 0 Å². The van der Waals surface area contributed by atoms with Gasteiger partial charge in [-0.25, -0.2) is 9.97 Å². The van der Waals surface area contributed by atoms with Crippen molar-refractivity contribution in [2.24, 2.45) is 11.7 Å². The van der Waals surface area contributed by atoms with Crippen molar-refractivity contribution < 1.29 is 9.53 Å². The van der Waals surface area contributed by atoms with E-state index in [4.69, 9.17) is 10.5 Å². The van der Waals surface area contributed by atoms with Gasteiger partial charge in [0.25, 0.3) is 5.91 Å². The number of amides is 1. The van der Waals surface area contributed by atoms with Crippen LogP contribution in [-0.2, 0) is 11.2 Å². The number of fused-ring (bicyclic) bond motifs is 3. The fourth-order valence-electron chi connectivity index (χ4n) is 3.12. The molecule has 7 heteroatoms. The van der Waals surface area contributed by atoms with Crippen LogP contribution in [-0.4, -0.2) is 39.1 Å². The Bertz CT molecular complexity index is 844. The number of aromatic nitrogens is 4. The number of H-pyrrole nitrogens is 2. The Balaban J connectivity index is 1.81. The van der Waals surface area contributed by atoms with E-state index in [1.165, 1.54) is 0 Å². The van der Waals surface area contributed by atoms with Gasteiger partial charge >= 0.3 is 0 Å². The Morgan fingerprint density at radius 2 is 2.36 bits per heavy atom. The topological polar surface area (TPSA) is 110 Å². The minimum Gasteiger partial charge on any atom is -0.381 e. The zero-order valence-corrected chi connectivity index (χ0v) is 12.1. The first-order chi connectivity index (χ1) is 10.7. The number of aromatic amines is 2. The Hall–Kier alpha value is -2.41. The van der Waals surface area contributed by atoms with Crippen molar-refractivity contribution in [2.45, 2.75) is 19.3 Å². The molecule has 3 aromatic rings. The second-order valence-corrected chi connectivity index (χ2v) is 5.76. The number of nitrogens with zero attached hydrogens (tertiary/aromatic N) is 2. The first-order valence-corrected chi connectivity index (χ1v) is 7.45. The number of nitrogens with one attached hydrogen (secondary N) is 2. The highest BCUT2D eigenvalue weighted by Gasteiger charge is 2.20. The summed E-state index contributed by atoms with van der Waals surface area (Å²) >= 11 is 0. The van der Waals surface area contributed by atoms with Crippen molar-refractivity contribution in [2.75, 3.05) is 13.2 Å².